The van der Waals surface area contributed by atoms with Crippen LogP contribution in [0, 0.1) is 0 Å². The van der Waals surface area contributed by atoms with E-state index in [9.17, 15) is 4.79 Å². The van der Waals surface area contributed by atoms with E-state index in [2.05, 4.69) is 35.8 Å². The summed E-state index contributed by atoms with van der Waals surface area (Å²) in [6, 6.07) is 7.88. The predicted octanol–water partition coefficient (Wildman–Crippen LogP) is 0.973. The molecule has 1 aliphatic rings. The Morgan fingerprint density at radius 2 is 1.82 bits per heavy atom. The number of nitrogens with one attached hydrogen (secondary N) is 2. The van der Waals surface area contributed by atoms with E-state index in [1.807, 2.05) is 24.4 Å². The van der Waals surface area contributed by atoms with Gasteiger partial charge in [0.05, 0.1) is 17.4 Å². The summed E-state index contributed by atoms with van der Waals surface area (Å²) in [6.07, 6.45) is 3.68. The Bertz CT molecular complexity index is 832. The molecule has 0 radical (unpaired) electrons. The van der Waals surface area contributed by atoms with Gasteiger partial charge in [-0.2, -0.15) is 0 Å². The average molecular weight is 296 g/mol. The summed E-state index contributed by atoms with van der Waals surface area (Å²) in [5.74, 6) is 0.897. The van der Waals surface area contributed by atoms with Gasteiger partial charge in [-0.3, -0.25) is 9.97 Å². The molecule has 1 saturated heterocycles. The van der Waals surface area contributed by atoms with Crippen LogP contribution in [0.25, 0.3) is 11.2 Å². The number of aromatic amines is 2. The molecule has 0 amide bonds. The van der Waals surface area contributed by atoms with Gasteiger partial charge in [-0.1, -0.05) is 0 Å². The quantitative estimate of drug-likeness (QED) is 0.736. The molecule has 4 rings (SSSR count). The van der Waals surface area contributed by atoms with Crippen molar-refractivity contribution in [2.75, 3.05) is 36.0 Å². The summed E-state index contributed by atoms with van der Waals surface area (Å²) in [5.41, 5.74) is 2.28. The summed E-state index contributed by atoms with van der Waals surface area (Å²) in [4.78, 5) is 30.0. The van der Waals surface area contributed by atoms with Crippen LogP contribution in [0.5, 0.6) is 0 Å². The molecule has 0 aromatic carbocycles. The molecule has 0 bridgehead atoms. The minimum absolute atomic E-state index is 0.221. The molecule has 1 aliphatic heterocycles. The standard InChI is InChI=1S/C15H16N6O/c22-15-17-12-3-4-13(18-14(12)19-15)21-8-6-20(7-9-21)11-2-1-5-16-10-11/h1-5,10H,6-9H2,(H2,17,18,19,22). The first-order valence-corrected chi connectivity index (χ1v) is 7.28. The number of hydrogen-bond donors (Lipinski definition) is 2. The molecule has 2 N–H and O–H groups in total. The second kappa shape index (κ2) is 5.18. The highest BCUT2D eigenvalue weighted by atomic mass is 16.1. The molecule has 0 saturated carbocycles. The van der Waals surface area contributed by atoms with Crippen LogP contribution in [-0.2, 0) is 0 Å². The maximum Gasteiger partial charge on any atom is 0.325 e. The number of piperazine rings is 1. The minimum atomic E-state index is -0.221. The van der Waals surface area contributed by atoms with Gasteiger partial charge in [0.1, 0.15) is 5.82 Å². The van der Waals surface area contributed by atoms with Crippen molar-refractivity contribution in [3.8, 4) is 0 Å². The second-order valence-corrected chi connectivity index (χ2v) is 5.33. The maximum atomic E-state index is 11.3. The Kier molecular flexibility index (Phi) is 3.03. The summed E-state index contributed by atoms with van der Waals surface area (Å²) in [5, 5.41) is 0. The van der Waals surface area contributed by atoms with Crippen molar-refractivity contribution in [2.45, 2.75) is 0 Å². The highest BCUT2D eigenvalue weighted by Crippen LogP contribution is 2.19. The Balaban J connectivity index is 1.51. The van der Waals surface area contributed by atoms with Crippen LogP contribution < -0.4 is 15.5 Å². The van der Waals surface area contributed by atoms with E-state index in [1.165, 1.54) is 0 Å². The highest BCUT2D eigenvalue weighted by molar-refractivity contribution is 5.72. The van der Waals surface area contributed by atoms with Crippen molar-refractivity contribution in [1.29, 1.82) is 0 Å². The van der Waals surface area contributed by atoms with Crippen LogP contribution in [0.4, 0.5) is 11.5 Å². The van der Waals surface area contributed by atoms with E-state index in [0.29, 0.717) is 5.65 Å². The summed E-state index contributed by atoms with van der Waals surface area (Å²) >= 11 is 0. The molecule has 0 aliphatic carbocycles. The SMILES string of the molecule is O=c1[nH]c2ccc(N3CCN(c4cccnc4)CC3)nc2[nH]1. The monoisotopic (exact) mass is 296 g/mol. The fraction of sp³-hybridized carbons (Fsp3) is 0.267. The maximum absolute atomic E-state index is 11.3. The van der Waals surface area contributed by atoms with E-state index in [4.69, 9.17) is 0 Å². The molecule has 4 heterocycles. The van der Waals surface area contributed by atoms with Gasteiger partial charge in [0.2, 0.25) is 0 Å². The molecule has 7 nitrogen and oxygen atoms in total. The topological polar surface area (TPSA) is 80.9 Å². The molecular formula is C15H16N6O. The van der Waals surface area contributed by atoms with Gasteiger partial charge in [-0.05, 0) is 24.3 Å². The van der Waals surface area contributed by atoms with Crippen molar-refractivity contribution in [1.82, 2.24) is 19.9 Å². The van der Waals surface area contributed by atoms with Crippen LogP contribution in [0.15, 0.2) is 41.5 Å². The number of nitrogens with zero attached hydrogens (tertiary/aromatic N) is 4. The van der Waals surface area contributed by atoms with Gasteiger partial charge in [0.15, 0.2) is 5.65 Å². The number of aromatic nitrogens is 4. The molecule has 0 unspecified atom stereocenters. The predicted molar refractivity (Wildman–Crippen MR) is 85.4 cm³/mol. The first-order chi connectivity index (χ1) is 10.8. The number of H-pyrrole nitrogens is 2. The van der Waals surface area contributed by atoms with Crippen molar-refractivity contribution in [3.63, 3.8) is 0 Å². The molecule has 0 spiro atoms. The van der Waals surface area contributed by atoms with Gasteiger partial charge >= 0.3 is 5.69 Å². The van der Waals surface area contributed by atoms with Crippen LogP contribution in [0.2, 0.25) is 0 Å². The molecule has 3 aromatic heterocycles. The lowest BCUT2D eigenvalue weighted by atomic mass is 10.2. The van der Waals surface area contributed by atoms with E-state index in [1.54, 1.807) is 6.20 Å². The van der Waals surface area contributed by atoms with E-state index in [0.717, 1.165) is 43.2 Å². The number of rotatable bonds is 2. The van der Waals surface area contributed by atoms with Crippen LogP contribution in [-0.4, -0.2) is 46.1 Å². The highest BCUT2D eigenvalue weighted by Gasteiger charge is 2.18. The van der Waals surface area contributed by atoms with Crippen LogP contribution in [0.1, 0.15) is 0 Å². The Hall–Kier alpha value is -2.83. The first-order valence-electron chi connectivity index (χ1n) is 7.28. The summed E-state index contributed by atoms with van der Waals surface area (Å²) in [6.45, 7) is 3.63. The average Bonchev–Trinajstić information content (AvgIpc) is 2.95. The van der Waals surface area contributed by atoms with E-state index < -0.39 is 0 Å². The fourth-order valence-electron chi connectivity index (χ4n) is 2.82. The minimum Gasteiger partial charge on any atom is -0.367 e. The number of hydrogen-bond acceptors (Lipinski definition) is 5. The van der Waals surface area contributed by atoms with Gasteiger partial charge < -0.3 is 14.8 Å². The lowest BCUT2D eigenvalue weighted by Gasteiger charge is -2.36. The van der Waals surface area contributed by atoms with Crippen molar-refractivity contribution < 1.29 is 0 Å². The third-order valence-corrected chi connectivity index (χ3v) is 3.98. The normalized spacial score (nSPS) is 15.5. The van der Waals surface area contributed by atoms with Crippen LogP contribution >= 0.6 is 0 Å². The van der Waals surface area contributed by atoms with Gasteiger partial charge in [-0.15, -0.1) is 0 Å². The Labute approximate surface area is 126 Å². The molecule has 22 heavy (non-hydrogen) atoms. The summed E-state index contributed by atoms with van der Waals surface area (Å²) in [7, 11) is 0. The van der Waals surface area contributed by atoms with Gasteiger partial charge in [0.25, 0.3) is 0 Å². The zero-order chi connectivity index (χ0) is 14.9. The Morgan fingerprint density at radius 3 is 2.59 bits per heavy atom. The molecular weight excluding hydrogens is 280 g/mol. The molecule has 3 aromatic rings. The molecule has 1 fully saturated rings. The molecule has 0 atom stereocenters. The summed E-state index contributed by atoms with van der Waals surface area (Å²) < 4.78 is 0. The number of pyridine rings is 2. The lowest BCUT2D eigenvalue weighted by Crippen LogP contribution is -2.46. The lowest BCUT2D eigenvalue weighted by molar-refractivity contribution is 0.647. The van der Waals surface area contributed by atoms with Crippen LogP contribution in [0.3, 0.4) is 0 Å². The zero-order valence-electron chi connectivity index (χ0n) is 12.0. The second-order valence-electron chi connectivity index (χ2n) is 5.33. The smallest absolute Gasteiger partial charge is 0.325 e. The third-order valence-electron chi connectivity index (χ3n) is 3.98. The molecule has 112 valence electrons. The fourth-order valence-corrected chi connectivity index (χ4v) is 2.82. The van der Waals surface area contributed by atoms with Crippen molar-refractivity contribution >= 4 is 22.7 Å². The third kappa shape index (κ3) is 2.30. The van der Waals surface area contributed by atoms with Crippen molar-refractivity contribution in [2.24, 2.45) is 0 Å². The van der Waals surface area contributed by atoms with E-state index >= 15 is 0 Å². The number of imidazole rings is 1. The van der Waals surface area contributed by atoms with E-state index in [-0.39, 0.29) is 5.69 Å². The molecule has 7 heteroatoms. The Morgan fingerprint density at radius 1 is 1.00 bits per heavy atom. The number of anilines is 2. The largest absolute Gasteiger partial charge is 0.367 e. The van der Waals surface area contributed by atoms with Crippen molar-refractivity contribution in [3.05, 3.63) is 47.1 Å². The zero-order valence-corrected chi connectivity index (χ0v) is 12.0. The first kappa shape index (κ1) is 12.9. The number of fused-ring (bicyclic) bond motifs is 1. The van der Waals surface area contributed by atoms with Gasteiger partial charge in [0, 0.05) is 32.4 Å². The van der Waals surface area contributed by atoms with Gasteiger partial charge in [-0.25, -0.2) is 9.78 Å².